The van der Waals surface area contributed by atoms with Gasteiger partial charge in [-0.1, -0.05) is 0 Å². The van der Waals surface area contributed by atoms with Gasteiger partial charge in [-0.2, -0.15) is 5.26 Å². The number of nitriles is 1. The van der Waals surface area contributed by atoms with Crippen molar-refractivity contribution in [3.63, 3.8) is 0 Å². The maximum atomic E-state index is 10.7. The van der Waals surface area contributed by atoms with E-state index in [1.54, 1.807) is 0 Å². The maximum absolute atomic E-state index is 10.7. The molecule has 0 aliphatic heterocycles. The van der Waals surface area contributed by atoms with E-state index in [0.717, 1.165) is 21.9 Å². The number of hydrogen-bond acceptors (Lipinski definition) is 3. The molecule has 1 aromatic carbocycles. The topological polar surface area (TPSA) is 40.9 Å². The van der Waals surface area contributed by atoms with Gasteiger partial charge in [0.05, 0.1) is 11.6 Å². The van der Waals surface area contributed by atoms with Crippen LogP contribution in [0.3, 0.4) is 0 Å². The lowest BCUT2D eigenvalue weighted by Gasteiger charge is -1.97. The van der Waals surface area contributed by atoms with Crippen molar-refractivity contribution >= 4 is 27.7 Å². The quantitative estimate of drug-likeness (QED) is 0.665. The third-order valence-electron chi connectivity index (χ3n) is 2.16. The number of benzene rings is 1. The molecule has 0 atom stereocenters. The second-order valence-electron chi connectivity index (χ2n) is 3.09. The Morgan fingerprint density at radius 1 is 1.50 bits per heavy atom. The Bertz CT molecular complexity index is 548. The highest BCUT2D eigenvalue weighted by atomic mass is 32.1. The molecular formula is C11H7NOS. The number of hydrogen-bond donors (Lipinski definition) is 0. The number of thiophene rings is 1. The van der Waals surface area contributed by atoms with E-state index in [1.165, 1.54) is 11.3 Å². The number of rotatable bonds is 1. The predicted octanol–water partition coefficient (Wildman–Crippen LogP) is 2.89. The zero-order chi connectivity index (χ0) is 10.1. The van der Waals surface area contributed by atoms with Gasteiger partial charge in [-0.25, -0.2) is 0 Å². The number of aldehydes is 1. The lowest BCUT2D eigenvalue weighted by Crippen LogP contribution is -1.82. The molecule has 2 nitrogen and oxygen atoms in total. The van der Waals surface area contributed by atoms with Crippen molar-refractivity contribution in [2.24, 2.45) is 0 Å². The van der Waals surface area contributed by atoms with Crippen LogP contribution in [0.1, 0.15) is 21.5 Å². The molecule has 3 heteroatoms. The van der Waals surface area contributed by atoms with Crippen LogP contribution in [0.4, 0.5) is 0 Å². The SMILES string of the molecule is Cc1cc(C#N)cc2scc(C=O)c12. The molecule has 2 aromatic rings. The highest BCUT2D eigenvalue weighted by Gasteiger charge is 2.07. The first-order valence-electron chi connectivity index (χ1n) is 4.13. The smallest absolute Gasteiger partial charge is 0.151 e. The summed E-state index contributed by atoms with van der Waals surface area (Å²) in [5.41, 5.74) is 2.35. The van der Waals surface area contributed by atoms with Crippen LogP contribution >= 0.6 is 11.3 Å². The van der Waals surface area contributed by atoms with E-state index in [4.69, 9.17) is 5.26 Å². The number of carbonyl (C=O) groups is 1. The number of aryl methyl sites for hydroxylation is 1. The fourth-order valence-electron chi connectivity index (χ4n) is 1.55. The summed E-state index contributed by atoms with van der Waals surface area (Å²) >= 11 is 1.50. The van der Waals surface area contributed by atoms with Gasteiger partial charge in [0.1, 0.15) is 0 Å². The van der Waals surface area contributed by atoms with Gasteiger partial charge in [-0.15, -0.1) is 11.3 Å². The second kappa shape index (κ2) is 3.24. The Kier molecular flexibility index (Phi) is 2.06. The van der Waals surface area contributed by atoms with Gasteiger partial charge in [0.15, 0.2) is 6.29 Å². The summed E-state index contributed by atoms with van der Waals surface area (Å²) in [5.74, 6) is 0. The number of nitrogens with zero attached hydrogens (tertiary/aromatic N) is 1. The maximum Gasteiger partial charge on any atom is 0.151 e. The summed E-state index contributed by atoms with van der Waals surface area (Å²) in [5, 5.41) is 11.6. The van der Waals surface area contributed by atoms with Crippen LogP contribution in [-0.2, 0) is 0 Å². The van der Waals surface area contributed by atoms with Gasteiger partial charge in [-0.05, 0) is 24.6 Å². The van der Waals surface area contributed by atoms with Gasteiger partial charge in [0.2, 0.25) is 0 Å². The first-order chi connectivity index (χ1) is 6.76. The molecule has 2 rings (SSSR count). The number of fused-ring (bicyclic) bond motifs is 1. The first kappa shape index (κ1) is 8.92. The van der Waals surface area contributed by atoms with Gasteiger partial charge >= 0.3 is 0 Å². The third kappa shape index (κ3) is 1.21. The van der Waals surface area contributed by atoms with Crippen molar-refractivity contribution in [1.82, 2.24) is 0 Å². The Morgan fingerprint density at radius 3 is 2.93 bits per heavy atom. The largest absolute Gasteiger partial charge is 0.298 e. The highest BCUT2D eigenvalue weighted by Crippen LogP contribution is 2.28. The van der Waals surface area contributed by atoms with E-state index in [2.05, 4.69) is 6.07 Å². The van der Waals surface area contributed by atoms with Crippen LogP contribution in [0, 0.1) is 18.3 Å². The van der Waals surface area contributed by atoms with Crippen molar-refractivity contribution in [3.05, 3.63) is 34.2 Å². The first-order valence-corrected chi connectivity index (χ1v) is 5.01. The summed E-state index contributed by atoms with van der Waals surface area (Å²) in [6.07, 6.45) is 0.859. The van der Waals surface area contributed by atoms with E-state index in [0.29, 0.717) is 11.1 Å². The van der Waals surface area contributed by atoms with E-state index in [9.17, 15) is 4.79 Å². The van der Waals surface area contributed by atoms with Crippen molar-refractivity contribution in [2.45, 2.75) is 6.92 Å². The zero-order valence-electron chi connectivity index (χ0n) is 7.57. The van der Waals surface area contributed by atoms with E-state index < -0.39 is 0 Å². The molecule has 14 heavy (non-hydrogen) atoms. The molecular weight excluding hydrogens is 194 g/mol. The van der Waals surface area contributed by atoms with Crippen LogP contribution in [0.2, 0.25) is 0 Å². The molecule has 1 aromatic heterocycles. The normalized spacial score (nSPS) is 10.0. The molecule has 0 radical (unpaired) electrons. The Balaban J connectivity index is 2.87. The third-order valence-corrected chi connectivity index (χ3v) is 3.10. The molecule has 1 heterocycles. The molecule has 0 amide bonds. The molecule has 0 unspecified atom stereocenters. The highest BCUT2D eigenvalue weighted by molar-refractivity contribution is 7.17. The molecule has 0 bridgehead atoms. The van der Waals surface area contributed by atoms with Gasteiger partial charge in [-0.3, -0.25) is 4.79 Å². The van der Waals surface area contributed by atoms with Crippen molar-refractivity contribution < 1.29 is 4.79 Å². The van der Waals surface area contributed by atoms with Gasteiger partial charge < -0.3 is 0 Å². The van der Waals surface area contributed by atoms with Crippen LogP contribution < -0.4 is 0 Å². The summed E-state index contributed by atoms with van der Waals surface area (Å²) < 4.78 is 1.00. The van der Waals surface area contributed by atoms with Crippen molar-refractivity contribution in [2.75, 3.05) is 0 Å². The lowest BCUT2D eigenvalue weighted by atomic mass is 10.1. The van der Waals surface area contributed by atoms with Crippen LogP contribution in [-0.4, -0.2) is 6.29 Å². The molecule has 0 spiro atoms. The second-order valence-corrected chi connectivity index (χ2v) is 4.00. The average molecular weight is 201 g/mol. The van der Waals surface area contributed by atoms with Gasteiger partial charge in [0.25, 0.3) is 0 Å². The number of carbonyl (C=O) groups excluding carboxylic acids is 1. The molecule has 0 saturated heterocycles. The molecule has 68 valence electrons. The van der Waals surface area contributed by atoms with Crippen LogP contribution in [0.15, 0.2) is 17.5 Å². The molecule has 0 fully saturated rings. The fraction of sp³-hybridized carbons (Fsp3) is 0.0909. The summed E-state index contributed by atoms with van der Waals surface area (Å²) in [6, 6.07) is 5.73. The Labute approximate surface area is 85.4 Å². The minimum atomic E-state index is 0.647. The zero-order valence-corrected chi connectivity index (χ0v) is 8.39. The van der Waals surface area contributed by atoms with E-state index in [1.807, 2.05) is 24.4 Å². The fourth-order valence-corrected chi connectivity index (χ4v) is 2.57. The molecule has 0 aliphatic rings. The van der Waals surface area contributed by atoms with Crippen molar-refractivity contribution in [1.29, 1.82) is 5.26 Å². The summed E-state index contributed by atoms with van der Waals surface area (Å²) in [4.78, 5) is 10.7. The summed E-state index contributed by atoms with van der Waals surface area (Å²) in [7, 11) is 0. The predicted molar refractivity (Wildman–Crippen MR) is 56.7 cm³/mol. The average Bonchev–Trinajstić information content (AvgIpc) is 2.61. The van der Waals surface area contributed by atoms with Crippen LogP contribution in [0.25, 0.3) is 10.1 Å². The van der Waals surface area contributed by atoms with Crippen molar-refractivity contribution in [3.8, 4) is 6.07 Å². The standard InChI is InChI=1S/C11H7NOS/c1-7-2-8(4-12)3-10-11(7)9(5-13)6-14-10/h2-3,5-6H,1H3. The van der Waals surface area contributed by atoms with Crippen LogP contribution in [0.5, 0.6) is 0 Å². The minimum absolute atomic E-state index is 0.647. The summed E-state index contributed by atoms with van der Waals surface area (Å²) in [6.45, 7) is 1.92. The Morgan fingerprint density at radius 2 is 2.29 bits per heavy atom. The lowest BCUT2D eigenvalue weighted by molar-refractivity contribution is 0.112. The molecule has 0 aliphatic carbocycles. The Hall–Kier alpha value is -1.66. The monoisotopic (exact) mass is 201 g/mol. The van der Waals surface area contributed by atoms with E-state index in [-0.39, 0.29) is 0 Å². The molecule has 0 N–H and O–H groups in total. The van der Waals surface area contributed by atoms with Gasteiger partial charge in [0, 0.05) is 21.0 Å². The molecule has 0 saturated carbocycles. The minimum Gasteiger partial charge on any atom is -0.298 e. The van der Waals surface area contributed by atoms with E-state index >= 15 is 0 Å².